The van der Waals surface area contributed by atoms with Crippen molar-refractivity contribution < 1.29 is 13.2 Å². The molecule has 17 heavy (non-hydrogen) atoms. The van der Waals surface area contributed by atoms with Gasteiger partial charge in [-0.1, -0.05) is 31.4 Å². The van der Waals surface area contributed by atoms with Crippen LogP contribution in [0.15, 0.2) is 12.1 Å². The van der Waals surface area contributed by atoms with Crippen molar-refractivity contribution in [2.45, 2.75) is 26.2 Å². The fraction of sp³-hybridized carbons (Fsp3) is 0.545. The Labute approximate surface area is 111 Å². The highest BCUT2D eigenvalue weighted by Gasteiger charge is 2.18. The Bertz CT molecular complexity index is 477. The molecule has 0 aliphatic carbocycles. The lowest BCUT2D eigenvalue weighted by molar-refractivity contribution is 0.102. The van der Waals surface area contributed by atoms with E-state index in [2.05, 4.69) is 0 Å². The van der Waals surface area contributed by atoms with Gasteiger partial charge in [0, 0.05) is 0 Å². The van der Waals surface area contributed by atoms with Crippen molar-refractivity contribution in [3.63, 3.8) is 0 Å². The molecule has 0 aliphatic heterocycles. The van der Waals surface area contributed by atoms with Crippen molar-refractivity contribution in [1.29, 1.82) is 0 Å². The van der Waals surface area contributed by atoms with E-state index in [4.69, 9.17) is 11.6 Å². The van der Waals surface area contributed by atoms with Gasteiger partial charge in [0.2, 0.25) is 0 Å². The van der Waals surface area contributed by atoms with Gasteiger partial charge >= 0.3 is 0 Å². The molecule has 0 spiro atoms. The summed E-state index contributed by atoms with van der Waals surface area (Å²) in [5, 5.41) is 0. The molecule has 1 heterocycles. The topological polar surface area (TPSA) is 51.2 Å². The number of halogens is 1. The second-order valence-electron chi connectivity index (χ2n) is 3.83. The number of carbonyl (C=O) groups excluding carboxylic acids is 1. The van der Waals surface area contributed by atoms with Gasteiger partial charge in [-0.25, -0.2) is 8.42 Å². The lowest BCUT2D eigenvalue weighted by atomic mass is 10.3. The van der Waals surface area contributed by atoms with E-state index in [-0.39, 0.29) is 11.5 Å². The molecule has 0 atom stereocenters. The summed E-state index contributed by atoms with van der Waals surface area (Å²) in [6, 6.07) is 3.17. The maximum absolute atomic E-state index is 11.7. The van der Waals surface area contributed by atoms with Crippen LogP contribution in [0.1, 0.15) is 35.9 Å². The van der Waals surface area contributed by atoms with Crippen LogP contribution >= 0.6 is 22.9 Å². The fourth-order valence-corrected chi connectivity index (χ4v) is 3.79. The van der Waals surface area contributed by atoms with Gasteiger partial charge in [-0.2, -0.15) is 0 Å². The number of carbonyl (C=O) groups is 1. The summed E-state index contributed by atoms with van der Waals surface area (Å²) >= 11 is 6.81. The van der Waals surface area contributed by atoms with Crippen molar-refractivity contribution in [1.82, 2.24) is 0 Å². The predicted molar refractivity (Wildman–Crippen MR) is 71.8 cm³/mol. The molecule has 0 radical (unpaired) electrons. The van der Waals surface area contributed by atoms with E-state index in [1.165, 1.54) is 0 Å². The third kappa shape index (κ3) is 5.19. The zero-order valence-corrected chi connectivity index (χ0v) is 12.0. The Kier molecular flexibility index (Phi) is 5.62. The first-order chi connectivity index (χ1) is 7.94. The molecule has 1 rings (SSSR count). The largest absolute Gasteiger partial charge is 0.292 e. The number of hydrogen-bond donors (Lipinski definition) is 0. The number of hydrogen-bond acceptors (Lipinski definition) is 4. The lowest BCUT2D eigenvalue weighted by Crippen LogP contribution is -2.18. The number of rotatable bonds is 7. The first kappa shape index (κ1) is 14.7. The van der Waals surface area contributed by atoms with Gasteiger partial charge in [0.25, 0.3) is 0 Å². The smallest absolute Gasteiger partial charge is 0.187 e. The maximum Gasteiger partial charge on any atom is 0.187 e. The number of Topliss-reactive ketones (excluding diaryl/α,β-unsaturated/α-hetero) is 1. The Morgan fingerprint density at radius 2 is 2.06 bits per heavy atom. The van der Waals surface area contributed by atoms with Gasteiger partial charge < -0.3 is 0 Å². The van der Waals surface area contributed by atoms with Gasteiger partial charge in [-0.15, -0.1) is 11.3 Å². The minimum absolute atomic E-state index is 0.0890. The summed E-state index contributed by atoms with van der Waals surface area (Å²) in [5.74, 6) is -0.683. The molecular weight excluding hydrogens is 280 g/mol. The number of unbranched alkanes of at least 4 members (excludes halogenated alkanes) is 2. The van der Waals surface area contributed by atoms with Gasteiger partial charge in [0.05, 0.1) is 15.0 Å². The third-order valence-electron chi connectivity index (χ3n) is 2.26. The van der Waals surface area contributed by atoms with E-state index in [1.54, 1.807) is 12.1 Å². The Morgan fingerprint density at radius 3 is 2.59 bits per heavy atom. The monoisotopic (exact) mass is 294 g/mol. The van der Waals surface area contributed by atoms with Crippen molar-refractivity contribution in [2.75, 3.05) is 11.5 Å². The van der Waals surface area contributed by atoms with Crippen LogP contribution < -0.4 is 0 Å². The van der Waals surface area contributed by atoms with Crippen LogP contribution in [0.25, 0.3) is 0 Å². The van der Waals surface area contributed by atoms with E-state index in [9.17, 15) is 13.2 Å². The molecule has 3 nitrogen and oxygen atoms in total. The van der Waals surface area contributed by atoms with E-state index >= 15 is 0 Å². The molecule has 0 saturated heterocycles. The van der Waals surface area contributed by atoms with Crippen LogP contribution in [-0.2, 0) is 9.84 Å². The highest BCUT2D eigenvalue weighted by Crippen LogP contribution is 2.22. The van der Waals surface area contributed by atoms with Crippen LogP contribution in [0.4, 0.5) is 0 Å². The Morgan fingerprint density at radius 1 is 1.35 bits per heavy atom. The first-order valence-electron chi connectivity index (χ1n) is 5.43. The van der Waals surface area contributed by atoms with Crippen molar-refractivity contribution in [3.8, 4) is 0 Å². The van der Waals surface area contributed by atoms with Crippen molar-refractivity contribution in [3.05, 3.63) is 21.3 Å². The predicted octanol–water partition coefficient (Wildman–Crippen LogP) is 3.19. The average molecular weight is 295 g/mol. The normalized spacial score (nSPS) is 11.6. The van der Waals surface area contributed by atoms with E-state index in [1.807, 2.05) is 6.92 Å². The number of thiophene rings is 1. The number of ketones is 1. The van der Waals surface area contributed by atoms with Crippen LogP contribution in [0, 0.1) is 0 Å². The van der Waals surface area contributed by atoms with Crippen LogP contribution in [0.3, 0.4) is 0 Å². The Balaban J connectivity index is 2.56. The van der Waals surface area contributed by atoms with E-state index in [0.29, 0.717) is 15.6 Å². The number of sulfone groups is 1. The highest BCUT2D eigenvalue weighted by atomic mass is 35.5. The molecular formula is C11H15ClO3S2. The molecule has 6 heteroatoms. The third-order valence-corrected chi connectivity index (χ3v) is 5.14. The van der Waals surface area contributed by atoms with Crippen LogP contribution in [0.2, 0.25) is 4.34 Å². The van der Waals surface area contributed by atoms with Gasteiger partial charge in [0.15, 0.2) is 15.6 Å². The Hall–Kier alpha value is -0.390. The highest BCUT2D eigenvalue weighted by molar-refractivity contribution is 7.92. The molecule has 0 saturated carbocycles. The molecule has 0 fully saturated rings. The summed E-state index contributed by atoms with van der Waals surface area (Å²) in [7, 11) is -3.28. The minimum Gasteiger partial charge on any atom is -0.292 e. The average Bonchev–Trinajstić information content (AvgIpc) is 2.64. The first-order valence-corrected chi connectivity index (χ1v) is 8.45. The molecule has 96 valence electrons. The SMILES string of the molecule is CCCCCS(=O)(=O)CC(=O)c1ccc(Cl)s1. The van der Waals surface area contributed by atoms with Crippen LogP contribution in [-0.4, -0.2) is 25.7 Å². The zero-order chi connectivity index (χ0) is 12.9. The lowest BCUT2D eigenvalue weighted by Gasteiger charge is -2.01. The second-order valence-corrected chi connectivity index (χ2v) is 7.73. The van der Waals surface area contributed by atoms with Crippen molar-refractivity contribution in [2.24, 2.45) is 0 Å². The van der Waals surface area contributed by atoms with E-state index < -0.39 is 15.6 Å². The molecule has 1 aromatic rings. The van der Waals surface area contributed by atoms with Crippen LogP contribution in [0.5, 0.6) is 0 Å². The second kappa shape index (κ2) is 6.52. The van der Waals surface area contributed by atoms with Gasteiger partial charge in [0.1, 0.15) is 5.75 Å². The fourth-order valence-electron chi connectivity index (χ4n) is 1.38. The standard InChI is InChI=1S/C11H15ClO3S2/c1-2-3-4-7-17(14,15)8-9(13)10-5-6-11(12)16-10/h5-6H,2-4,7-8H2,1H3. The van der Waals surface area contributed by atoms with Gasteiger partial charge in [-0.3, -0.25) is 4.79 Å². The summed E-state index contributed by atoms with van der Waals surface area (Å²) in [5.41, 5.74) is 0. The molecule has 0 bridgehead atoms. The maximum atomic E-state index is 11.7. The van der Waals surface area contributed by atoms with Crippen molar-refractivity contribution >= 4 is 38.6 Å². The summed E-state index contributed by atoms with van der Waals surface area (Å²) < 4.78 is 23.8. The summed E-state index contributed by atoms with van der Waals surface area (Å²) in [6.07, 6.45) is 2.46. The summed E-state index contributed by atoms with van der Waals surface area (Å²) in [6.45, 7) is 2.01. The molecule has 0 aromatic carbocycles. The minimum atomic E-state index is -3.28. The molecule has 0 unspecified atom stereocenters. The van der Waals surface area contributed by atoms with E-state index in [0.717, 1.165) is 24.2 Å². The molecule has 0 aliphatic rings. The van der Waals surface area contributed by atoms with Gasteiger partial charge in [-0.05, 0) is 18.6 Å². The quantitative estimate of drug-likeness (QED) is 0.573. The molecule has 0 amide bonds. The molecule has 1 aromatic heterocycles. The molecule has 0 N–H and O–H groups in total. The summed E-state index contributed by atoms with van der Waals surface area (Å²) in [4.78, 5) is 12.1. The zero-order valence-electron chi connectivity index (χ0n) is 9.61.